The minimum absolute atomic E-state index is 0.767. The molecule has 0 amide bonds. The molecule has 0 radical (unpaired) electrons. The van der Waals surface area contributed by atoms with Crippen LogP contribution in [0.15, 0.2) is 47.7 Å². The highest BCUT2D eigenvalue weighted by atomic mass is 14.9. The van der Waals surface area contributed by atoms with Crippen molar-refractivity contribution in [1.82, 2.24) is 9.97 Å². The number of H-pyrrole nitrogens is 1. The summed E-state index contributed by atoms with van der Waals surface area (Å²) < 4.78 is 0. The van der Waals surface area contributed by atoms with Crippen LogP contribution in [0.1, 0.15) is 5.82 Å². The highest BCUT2D eigenvalue weighted by molar-refractivity contribution is 5.77. The molecule has 0 fully saturated rings. The molecule has 2 aromatic rings. The Labute approximate surface area is 76.2 Å². The lowest BCUT2D eigenvalue weighted by molar-refractivity contribution is 1.27. The first-order chi connectivity index (χ1) is 6.45. The number of nitrogens with one attached hydrogen (secondary N) is 1. The molecule has 0 aliphatic heterocycles. The van der Waals surface area contributed by atoms with Gasteiger partial charge in [-0.05, 0) is 12.1 Å². The molecule has 0 bridgehead atoms. The molecule has 0 aliphatic rings. The molecule has 3 heteroatoms. The van der Waals surface area contributed by atoms with Gasteiger partial charge in [0.1, 0.15) is 5.82 Å². The number of aromatic nitrogens is 2. The Kier molecular flexibility index (Phi) is 2.18. The Morgan fingerprint density at radius 1 is 1.23 bits per heavy atom. The summed E-state index contributed by atoms with van der Waals surface area (Å²) in [5.41, 5.74) is 0.930. The third kappa shape index (κ3) is 2.02. The minimum atomic E-state index is 0.767. The van der Waals surface area contributed by atoms with E-state index < -0.39 is 0 Å². The first kappa shape index (κ1) is 7.73. The second kappa shape index (κ2) is 3.67. The summed E-state index contributed by atoms with van der Waals surface area (Å²) in [6.07, 6.45) is 5.17. The van der Waals surface area contributed by atoms with E-state index in [1.807, 2.05) is 30.3 Å². The summed E-state index contributed by atoms with van der Waals surface area (Å²) in [5.74, 6) is 0.767. The zero-order chi connectivity index (χ0) is 8.93. The highest BCUT2D eigenvalue weighted by Crippen LogP contribution is 2.08. The largest absolute Gasteiger partial charge is 0.344 e. The van der Waals surface area contributed by atoms with E-state index in [-0.39, 0.29) is 0 Å². The van der Waals surface area contributed by atoms with Crippen LogP contribution in [0.4, 0.5) is 5.69 Å². The van der Waals surface area contributed by atoms with Crippen LogP contribution in [0, 0.1) is 0 Å². The van der Waals surface area contributed by atoms with E-state index in [2.05, 4.69) is 15.0 Å². The molecule has 64 valence electrons. The van der Waals surface area contributed by atoms with Crippen molar-refractivity contribution in [1.29, 1.82) is 0 Å². The van der Waals surface area contributed by atoms with Crippen LogP contribution in [0.3, 0.4) is 0 Å². The minimum Gasteiger partial charge on any atom is -0.344 e. The lowest BCUT2D eigenvalue weighted by Crippen LogP contribution is -1.81. The highest BCUT2D eigenvalue weighted by Gasteiger charge is 1.87. The van der Waals surface area contributed by atoms with Crippen LogP contribution in [0.25, 0.3) is 0 Å². The fraction of sp³-hybridized carbons (Fsp3) is 0. The van der Waals surface area contributed by atoms with Gasteiger partial charge in [0.15, 0.2) is 0 Å². The number of rotatable bonds is 2. The number of aliphatic imine (C=N–C) groups is 1. The SMILES string of the molecule is C(=Nc1ccccc1)c1ncc[nH]1. The molecule has 0 saturated carbocycles. The number of hydrogen-bond donors (Lipinski definition) is 1. The Morgan fingerprint density at radius 3 is 2.77 bits per heavy atom. The van der Waals surface area contributed by atoms with Gasteiger partial charge in [-0.2, -0.15) is 0 Å². The standard InChI is InChI=1S/C10H9N3/c1-2-4-9(5-3-1)13-8-10-11-6-7-12-10/h1-8H,(H,11,12). The van der Waals surface area contributed by atoms with Crippen LogP contribution in [-0.4, -0.2) is 16.2 Å². The van der Waals surface area contributed by atoms with E-state index in [1.165, 1.54) is 0 Å². The van der Waals surface area contributed by atoms with E-state index in [0.717, 1.165) is 11.5 Å². The van der Waals surface area contributed by atoms with E-state index in [0.29, 0.717) is 0 Å². The lowest BCUT2D eigenvalue weighted by atomic mass is 10.3. The molecule has 0 atom stereocenters. The van der Waals surface area contributed by atoms with Crippen LogP contribution in [-0.2, 0) is 0 Å². The summed E-state index contributed by atoms with van der Waals surface area (Å²) in [6.45, 7) is 0. The fourth-order valence-electron chi connectivity index (χ4n) is 0.998. The quantitative estimate of drug-likeness (QED) is 0.691. The maximum absolute atomic E-state index is 4.23. The predicted octanol–water partition coefficient (Wildman–Crippen LogP) is 2.16. The maximum atomic E-state index is 4.23. The molecule has 3 nitrogen and oxygen atoms in total. The molecule has 0 saturated heterocycles. The summed E-state index contributed by atoms with van der Waals surface area (Å²) >= 11 is 0. The van der Waals surface area contributed by atoms with Gasteiger partial charge >= 0.3 is 0 Å². The van der Waals surface area contributed by atoms with Crippen molar-refractivity contribution < 1.29 is 0 Å². The van der Waals surface area contributed by atoms with E-state index in [1.54, 1.807) is 18.6 Å². The van der Waals surface area contributed by atoms with Crippen LogP contribution in [0.5, 0.6) is 0 Å². The van der Waals surface area contributed by atoms with Gasteiger partial charge < -0.3 is 4.98 Å². The second-order valence-corrected chi connectivity index (χ2v) is 2.57. The normalized spacial score (nSPS) is 10.8. The molecule has 2 rings (SSSR count). The van der Waals surface area contributed by atoms with Gasteiger partial charge in [0, 0.05) is 12.4 Å². The van der Waals surface area contributed by atoms with Crippen molar-refractivity contribution in [2.75, 3.05) is 0 Å². The monoisotopic (exact) mass is 171 g/mol. The van der Waals surface area contributed by atoms with Crippen molar-refractivity contribution in [2.24, 2.45) is 4.99 Å². The molecule has 0 unspecified atom stereocenters. The zero-order valence-corrected chi connectivity index (χ0v) is 7.01. The number of imidazole rings is 1. The van der Waals surface area contributed by atoms with Gasteiger partial charge in [-0.15, -0.1) is 0 Å². The average molecular weight is 171 g/mol. The van der Waals surface area contributed by atoms with E-state index >= 15 is 0 Å². The average Bonchev–Trinajstić information content (AvgIpc) is 2.69. The van der Waals surface area contributed by atoms with Crippen LogP contribution < -0.4 is 0 Å². The third-order valence-corrected chi connectivity index (χ3v) is 1.61. The summed E-state index contributed by atoms with van der Waals surface area (Å²) in [5, 5.41) is 0. The van der Waals surface area contributed by atoms with Gasteiger partial charge in [0.2, 0.25) is 0 Å². The Hall–Kier alpha value is -1.90. The Balaban J connectivity index is 2.15. The van der Waals surface area contributed by atoms with E-state index in [4.69, 9.17) is 0 Å². The fourth-order valence-corrected chi connectivity index (χ4v) is 0.998. The van der Waals surface area contributed by atoms with Crippen LogP contribution >= 0.6 is 0 Å². The molecule has 13 heavy (non-hydrogen) atoms. The van der Waals surface area contributed by atoms with Crippen molar-refractivity contribution in [3.63, 3.8) is 0 Å². The first-order valence-electron chi connectivity index (χ1n) is 4.03. The number of hydrogen-bond acceptors (Lipinski definition) is 2. The predicted molar refractivity (Wildman–Crippen MR) is 52.3 cm³/mol. The topological polar surface area (TPSA) is 41.0 Å². The van der Waals surface area contributed by atoms with Crippen molar-refractivity contribution in [3.05, 3.63) is 48.5 Å². The smallest absolute Gasteiger partial charge is 0.148 e. The molecule has 1 aromatic heterocycles. The lowest BCUT2D eigenvalue weighted by Gasteiger charge is -1.89. The number of nitrogens with zero attached hydrogens (tertiary/aromatic N) is 2. The van der Waals surface area contributed by atoms with Gasteiger partial charge in [-0.25, -0.2) is 4.98 Å². The summed E-state index contributed by atoms with van der Waals surface area (Å²) in [4.78, 5) is 11.2. The Morgan fingerprint density at radius 2 is 2.08 bits per heavy atom. The van der Waals surface area contributed by atoms with Gasteiger partial charge in [0.05, 0.1) is 11.9 Å². The molecule has 0 spiro atoms. The van der Waals surface area contributed by atoms with Crippen molar-refractivity contribution in [3.8, 4) is 0 Å². The van der Waals surface area contributed by atoms with E-state index in [9.17, 15) is 0 Å². The van der Waals surface area contributed by atoms with Crippen molar-refractivity contribution in [2.45, 2.75) is 0 Å². The van der Waals surface area contributed by atoms with Crippen LogP contribution in [0.2, 0.25) is 0 Å². The molecular weight excluding hydrogens is 162 g/mol. The number of para-hydroxylation sites is 1. The molecule has 1 heterocycles. The number of benzene rings is 1. The molecular formula is C10H9N3. The second-order valence-electron chi connectivity index (χ2n) is 2.57. The molecule has 1 aromatic carbocycles. The third-order valence-electron chi connectivity index (χ3n) is 1.61. The zero-order valence-electron chi connectivity index (χ0n) is 7.01. The van der Waals surface area contributed by atoms with Crippen molar-refractivity contribution >= 4 is 11.9 Å². The Bertz CT molecular complexity index is 376. The molecule has 1 N–H and O–H groups in total. The number of aromatic amines is 1. The van der Waals surface area contributed by atoms with Gasteiger partial charge in [-0.3, -0.25) is 4.99 Å². The summed E-state index contributed by atoms with van der Waals surface area (Å²) in [6, 6.07) is 9.76. The maximum Gasteiger partial charge on any atom is 0.148 e. The van der Waals surface area contributed by atoms with Gasteiger partial charge in [-0.1, -0.05) is 18.2 Å². The van der Waals surface area contributed by atoms with Gasteiger partial charge in [0.25, 0.3) is 0 Å². The first-order valence-corrected chi connectivity index (χ1v) is 4.03. The molecule has 0 aliphatic carbocycles. The summed E-state index contributed by atoms with van der Waals surface area (Å²) in [7, 11) is 0.